The molecule has 0 bridgehead atoms. The van der Waals surface area contributed by atoms with Gasteiger partial charge >= 0.3 is 15.6 Å². The molecule has 8 nitrogen and oxygen atoms in total. The van der Waals surface area contributed by atoms with E-state index in [-0.39, 0.29) is 18.2 Å². The number of phosphoric acid groups is 2. The van der Waals surface area contributed by atoms with Crippen molar-refractivity contribution >= 4 is 15.6 Å². The highest BCUT2D eigenvalue weighted by molar-refractivity contribution is 7.60. The summed E-state index contributed by atoms with van der Waals surface area (Å²) in [6, 6.07) is -0.121. The van der Waals surface area contributed by atoms with Crippen LogP contribution < -0.4 is 0 Å². The van der Waals surface area contributed by atoms with Gasteiger partial charge in [-0.25, -0.2) is 9.13 Å². The molecule has 0 amide bonds. The molecule has 0 saturated carbocycles. The van der Waals surface area contributed by atoms with E-state index in [1.807, 2.05) is 0 Å². The summed E-state index contributed by atoms with van der Waals surface area (Å²) < 4.78 is 31.9. The van der Waals surface area contributed by atoms with Gasteiger partial charge in [0, 0.05) is 5.54 Å². The summed E-state index contributed by atoms with van der Waals surface area (Å²) in [5.41, 5.74) is 5.20. The van der Waals surface area contributed by atoms with Crippen molar-refractivity contribution in [1.82, 2.24) is 4.90 Å². The van der Waals surface area contributed by atoms with Gasteiger partial charge in [0.15, 0.2) is 0 Å². The Kier molecular flexibility index (Phi) is 15.2. The predicted octanol–water partition coefficient (Wildman–Crippen LogP) is 7.99. The molecule has 1 heterocycles. The first-order chi connectivity index (χ1) is 17.6. The van der Waals surface area contributed by atoms with Crippen molar-refractivity contribution in [1.29, 1.82) is 0 Å². The lowest BCUT2D eigenvalue weighted by molar-refractivity contribution is 0.173. The summed E-state index contributed by atoms with van der Waals surface area (Å²) >= 11 is 0. The van der Waals surface area contributed by atoms with Gasteiger partial charge in [-0.3, -0.25) is 9.42 Å². The van der Waals surface area contributed by atoms with Crippen LogP contribution in [0.15, 0.2) is 46.6 Å². The Hall–Kier alpha value is -0.820. The lowest BCUT2D eigenvalue weighted by Gasteiger charge is -2.13. The summed E-state index contributed by atoms with van der Waals surface area (Å²) in [5.74, 6) is 0. The van der Waals surface area contributed by atoms with Crippen LogP contribution in [0, 0.1) is 0 Å². The van der Waals surface area contributed by atoms with Gasteiger partial charge in [-0.2, -0.15) is 4.31 Å². The van der Waals surface area contributed by atoms with E-state index < -0.39 is 15.6 Å². The Morgan fingerprint density at radius 2 is 1.34 bits per heavy atom. The molecule has 1 saturated heterocycles. The van der Waals surface area contributed by atoms with E-state index in [1.54, 1.807) is 0 Å². The molecule has 0 spiro atoms. The first-order valence-electron chi connectivity index (χ1n) is 13.6. The smallest absolute Gasteiger partial charge is 0.302 e. The first kappa shape index (κ1) is 35.2. The molecule has 38 heavy (non-hydrogen) atoms. The SMILES string of the molecule is CC(C)=CCC/C(C)=C/CCCCN1[C@H](COP(=O)(O)OP(=O)(O)O)[C@]1(C)CC/C=C(\C)CCC=C(C)C. The minimum absolute atomic E-state index is 0.121. The van der Waals surface area contributed by atoms with E-state index in [4.69, 9.17) is 14.3 Å². The number of hydrogen-bond acceptors (Lipinski definition) is 5. The Morgan fingerprint density at radius 3 is 1.84 bits per heavy atom. The highest BCUT2D eigenvalue weighted by Crippen LogP contribution is 2.58. The van der Waals surface area contributed by atoms with E-state index in [9.17, 15) is 14.0 Å². The summed E-state index contributed by atoms with van der Waals surface area (Å²) in [5, 5.41) is 0. The second kappa shape index (κ2) is 16.4. The van der Waals surface area contributed by atoms with E-state index in [2.05, 4.69) is 82.0 Å². The lowest BCUT2D eigenvalue weighted by Crippen LogP contribution is -2.15. The zero-order valence-corrected chi connectivity index (χ0v) is 26.3. The second-order valence-electron chi connectivity index (χ2n) is 11.2. The van der Waals surface area contributed by atoms with Crippen molar-refractivity contribution in [2.75, 3.05) is 13.2 Å². The number of rotatable bonds is 19. The number of phosphoric ester groups is 1. The maximum absolute atomic E-state index is 12.0. The molecule has 4 atom stereocenters. The molecule has 1 rings (SSSR count). The van der Waals surface area contributed by atoms with Gasteiger partial charge in [-0.05, 0) is 113 Å². The first-order valence-corrected chi connectivity index (χ1v) is 16.7. The molecule has 0 aromatic carbocycles. The van der Waals surface area contributed by atoms with Crippen LogP contribution in [0.1, 0.15) is 106 Å². The predicted molar refractivity (Wildman–Crippen MR) is 156 cm³/mol. The van der Waals surface area contributed by atoms with Crippen LogP contribution in [-0.2, 0) is 18.0 Å². The van der Waals surface area contributed by atoms with Crippen LogP contribution in [0.5, 0.6) is 0 Å². The van der Waals surface area contributed by atoms with Gasteiger partial charge in [0.25, 0.3) is 0 Å². The number of nitrogens with zero attached hydrogens (tertiary/aromatic N) is 1. The lowest BCUT2D eigenvalue weighted by atomic mass is 9.99. The van der Waals surface area contributed by atoms with Crippen molar-refractivity contribution in [3.8, 4) is 0 Å². The summed E-state index contributed by atoms with van der Waals surface area (Å²) in [6.45, 7) is 15.6. The molecule has 0 aromatic heterocycles. The van der Waals surface area contributed by atoms with Crippen LogP contribution in [-0.4, -0.2) is 44.3 Å². The monoisotopic (exact) mass is 575 g/mol. The Morgan fingerprint density at radius 1 is 0.816 bits per heavy atom. The van der Waals surface area contributed by atoms with Gasteiger partial charge < -0.3 is 14.7 Å². The molecular weight excluding hydrogens is 524 g/mol. The zero-order chi connectivity index (χ0) is 29.0. The zero-order valence-electron chi connectivity index (χ0n) is 24.5. The number of hydrogen-bond donors (Lipinski definition) is 3. The fraction of sp³-hybridized carbons (Fsp3) is 0.714. The van der Waals surface area contributed by atoms with Crippen molar-refractivity contribution in [2.45, 2.75) is 118 Å². The highest BCUT2D eigenvalue weighted by Gasteiger charge is 2.58. The van der Waals surface area contributed by atoms with Gasteiger partial charge in [0.1, 0.15) is 0 Å². The average Bonchev–Trinajstić information content (AvgIpc) is 3.31. The molecule has 1 aliphatic heterocycles. The van der Waals surface area contributed by atoms with E-state index >= 15 is 0 Å². The average molecular weight is 576 g/mol. The molecule has 2 unspecified atom stereocenters. The van der Waals surface area contributed by atoms with Crippen molar-refractivity contribution in [3.05, 3.63) is 46.6 Å². The third-order valence-corrected chi connectivity index (χ3v) is 9.11. The second-order valence-corrected chi connectivity index (χ2v) is 14.0. The summed E-state index contributed by atoms with van der Waals surface area (Å²) in [7, 11) is -9.99. The molecule has 1 fully saturated rings. The molecule has 1 aliphatic rings. The Bertz CT molecular complexity index is 958. The fourth-order valence-electron chi connectivity index (χ4n) is 4.66. The van der Waals surface area contributed by atoms with Crippen LogP contribution in [0.4, 0.5) is 0 Å². The van der Waals surface area contributed by atoms with Crippen molar-refractivity contribution < 1.29 is 32.6 Å². The van der Waals surface area contributed by atoms with Crippen LogP contribution in [0.3, 0.4) is 0 Å². The van der Waals surface area contributed by atoms with E-state index in [0.717, 1.165) is 64.3 Å². The standard InChI is InChI=1S/C28H51NO7P2/c1-23(2)14-11-17-25(5)16-9-8-10-21-29-27(22-35-38(33,34)36-37(30,31)32)28(29,7)20-13-19-26(6)18-12-15-24(3)4/h14-16,19,27H,8-13,17-18,20-22H2,1-7H3,(H,33,34)(H2,30,31,32)/b25-16+,26-19+/t27-,28+,29?/m1/s1. The molecular formula is C28H51NO7P2. The van der Waals surface area contributed by atoms with Gasteiger partial charge in [-0.1, -0.05) is 46.6 Å². The molecule has 3 N–H and O–H groups in total. The topological polar surface area (TPSA) is 116 Å². The van der Waals surface area contributed by atoms with Crippen molar-refractivity contribution in [2.24, 2.45) is 0 Å². The molecule has 0 aromatic rings. The third-order valence-electron chi connectivity index (χ3n) is 6.96. The number of unbranched alkanes of at least 4 members (excludes halogenated alkanes) is 2. The summed E-state index contributed by atoms with van der Waals surface area (Å²) in [4.78, 5) is 29.7. The third kappa shape index (κ3) is 15.1. The molecule has 0 aliphatic carbocycles. The molecule has 220 valence electrons. The van der Waals surface area contributed by atoms with Gasteiger partial charge in [0.05, 0.1) is 12.6 Å². The maximum atomic E-state index is 12.0. The Balaban J connectivity index is 2.67. The fourth-order valence-corrected chi connectivity index (χ4v) is 6.25. The summed E-state index contributed by atoms with van der Waals surface area (Å²) in [6.07, 6.45) is 18.1. The van der Waals surface area contributed by atoms with Crippen LogP contribution in [0.2, 0.25) is 0 Å². The van der Waals surface area contributed by atoms with Crippen LogP contribution in [0.25, 0.3) is 0 Å². The van der Waals surface area contributed by atoms with Gasteiger partial charge in [-0.15, -0.1) is 0 Å². The van der Waals surface area contributed by atoms with E-state index in [1.165, 1.54) is 22.3 Å². The largest absolute Gasteiger partial charge is 0.481 e. The molecule has 0 radical (unpaired) electrons. The maximum Gasteiger partial charge on any atom is 0.481 e. The minimum atomic E-state index is -5.14. The van der Waals surface area contributed by atoms with Crippen molar-refractivity contribution in [3.63, 3.8) is 0 Å². The van der Waals surface area contributed by atoms with Crippen LogP contribution >= 0.6 is 15.6 Å². The normalized spacial score (nSPS) is 23.6. The molecule has 10 heteroatoms. The van der Waals surface area contributed by atoms with Gasteiger partial charge in [0.2, 0.25) is 0 Å². The van der Waals surface area contributed by atoms with E-state index in [0.29, 0.717) is 0 Å². The quantitative estimate of drug-likeness (QED) is 0.0614. The highest BCUT2D eigenvalue weighted by atomic mass is 31.3. The Labute approximate surface area is 230 Å². The minimum Gasteiger partial charge on any atom is -0.302 e. The number of allylic oxidation sites excluding steroid dienone is 8.